The molecular weight excluding hydrogens is 414 g/mol. The monoisotopic (exact) mass is 435 g/mol. The largest absolute Gasteiger partial charge is 0.466 e. The first kappa shape index (κ1) is 20.7. The number of hydrogen-bond donors (Lipinski definition) is 1. The van der Waals surface area contributed by atoms with Gasteiger partial charge >= 0.3 is 5.97 Å². The number of ether oxygens (including phenoxy) is 1. The van der Waals surface area contributed by atoms with Crippen LogP contribution in [-0.2, 0) is 22.5 Å². The van der Waals surface area contributed by atoms with E-state index in [1.807, 2.05) is 31.2 Å². The van der Waals surface area contributed by atoms with Gasteiger partial charge in [-0.05, 0) is 43.7 Å². The van der Waals surface area contributed by atoms with Gasteiger partial charge in [0.25, 0.3) is 11.8 Å². The summed E-state index contributed by atoms with van der Waals surface area (Å²) in [5, 5.41) is 3.82. The number of rotatable bonds is 7. The van der Waals surface area contributed by atoms with Gasteiger partial charge in [0.2, 0.25) is 0 Å². The fraction of sp³-hybridized carbons (Fsp3) is 0.217. The summed E-state index contributed by atoms with van der Waals surface area (Å²) in [5.74, 6) is -1.09. The highest BCUT2D eigenvalue weighted by Crippen LogP contribution is 2.30. The quantitative estimate of drug-likeness (QED) is 0.444. The highest BCUT2D eigenvalue weighted by Gasteiger charge is 2.36. The number of aromatic nitrogens is 1. The smallest absolute Gasteiger partial charge is 0.311 e. The van der Waals surface area contributed by atoms with Crippen molar-refractivity contribution in [2.24, 2.45) is 0 Å². The van der Waals surface area contributed by atoms with Crippen LogP contribution in [0.3, 0.4) is 0 Å². The van der Waals surface area contributed by atoms with Gasteiger partial charge in [0.15, 0.2) is 5.13 Å². The van der Waals surface area contributed by atoms with E-state index < -0.39 is 0 Å². The van der Waals surface area contributed by atoms with E-state index in [9.17, 15) is 14.4 Å². The van der Waals surface area contributed by atoms with Crippen LogP contribution >= 0.6 is 11.3 Å². The third kappa shape index (κ3) is 4.34. The Hall–Kier alpha value is -3.52. The zero-order valence-corrected chi connectivity index (χ0v) is 18.0. The zero-order valence-electron chi connectivity index (χ0n) is 17.2. The molecule has 8 heteroatoms. The molecule has 0 atom stereocenters. The topological polar surface area (TPSA) is 88.6 Å². The minimum atomic E-state index is -0.378. The Bertz CT molecular complexity index is 1140. The van der Waals surface area contributed by atoms with E-state index >= 15 is 0 Å². The van der Waals surface area contributed by atoms with Gasteiger partial charge in [-0.25, -0.2) is 4.98 Å². The minimum Gasteiger partial charge on any atom is -0.466 e. The van der Waals surface area contributed by atoms with Gasteiger partial charge in [0.05, 0.1) is 36.4 Å². The van der Waals surface area contributed by atoms with Crippen molar-refractivity contribution in [3.63, 3.8) is 0 Å². The number of amides is 2. The first-order chi connectivity index (χ1) is 15.0. The fourth-order valence-corrected chi connectivity index (χ4v) is 4.40. The number of nitrogens with zero attached hydrogens (tertiary/aromatic N) is 2. The maximum Gasteiger partial charge on any atom is 0.311 e. The summed E-state index contributed by atoms with van der Waals surface area (Å²) in [5.41, 5.74) is 3.23. The maximum absolute atomic E-state index is 12.8. The molecule has 0 fully saturated rings. The van der Waals surface area contributed by atoms with Gasteiger partial charge in [-0.1, -0.05) is 24.3 Å². The van der Waals surface area contributed by atoms with E-state index in [2.05, 4.69) is 10.3 Å². The molecule has 31 heavy (non-hydrogen) atoms. The minimum absolute atomic E-state index is 0.00686. The van der Waals surface area contributed by atoms with Crippen LogP contribution < -0.4 is 5.32 Å². The van der Waals surface area contributed by atoms with Crippen LogP contribution in [0.15, 0.2) is 48.5 Å². The lowest BCUT2D eigenvalue weighted by molar-refractivity contribution is -0.142. The molecule has 0 radical (unpaired) electrons. The third-order valence-electron chi connectivity index (χ3n) is 4.84. The van der Waals surface area contributed by atoms with Crippen molar-refractivity contribution in [3.05, 3.63) is 75.8 Å². The Morgan fingerprint density at radius 3 is 2.45 bits per heavy atom. The summed E-state index contributed by atoms with van der Waals surface area (Å²) in [6.07, 6.45) is 0.0273. The molecule has 2 aromatic carbocycles. The Morgan fingerprint density at radius 1 is 1.10 bits per heavy atom. The lowest BCUT2D eigenvalue weighted by Gasteiger charge is -2.13. The average molecular weight is 436 g/mol. The first-order valence-electron chi connectivity index (χ1n) is 9.89. The molecular formula is C23H21N3O4S. The molecule has 2 amide bonds. The number of thiazole rings is 1. The zero-order chi connectivity index (χ0) is 22.0. The highest BCUT2D eigenvalue weighted by atomic mass is 32.1. The number of carbonyl (C=O) groups excluding carboxylic acids is 3. The third-order valence-corrected chi connectivity index (χ3v) is 5.86. The van der Waals surface area contributed by atoms with E-state index in [-0.39, 0.29) is 37.4 Å². The fourth-order valence-electron chi connectivity index (χ4n) is 3.42. The molecule has 3 aromatic rings. The summed E-state index contributed by atoms with van der Waals surface area (Å²) < 4.78 is 5.08. The summed E-state index contributed by atoms with van der Waals surface area (Å²) in [6.45, 7) is 4.01. The molecule has 0 unspecified atom stereocenters. The van der Waals surface area contributed by atoms with Crippen LogP contribution in [0.5, 0.6) is 0 Å². The molecule has 0 saturated carbocycles. The van der Waals surface area contributed by atoms with Crippen molar-refractivity contribution in [2.75, 3.05) is 11.9 Å². The molecule has 1 aliphatic heterocycles. The Balaban J connectivity index is 1.62. The molecule has 1 aliphatic rings. The lowest BCUT2D eigenvalue weighted by atomic mass is 10.1. The summed E-state index contributed by atoms with van der Waals surface area (Å²) >= 11 is 1.31. The molecule has 4 rings (SSSR count). The Labute approximate surface area is 183 Å². The molecule has 0 bridgehead atoms. The van der Waals surface area contributed by atoms with Crippen molar-refractivity contribution in [3.8, 4) is 0 Å². The van der Waals surface area contributed by atoms with Crippen LogP contribution in [0.1, 0.15) is 43.8 Å². The van der Waals surface area contributed by atoms with E-state index in [0.717, 1.165) is 11.3 Å². The van der Waals surface area contributed by atoms with Crippen molar-refractivity contribution in [2.45, 2.75) is 26.8 Å². The number of aryl methyl sites for hydroxylation is 1. The van der Waals surface area contributed by atoms with Crippen molar-refractivity contribution >= 4 is 39.9 Å². The first-order valence-corrected chi connectivity index (χ1v) is 10.7. The standard InChI is InChI=1S/C23H21N3O4S/c1-3-30-20(27)12-19-18(25-23(31-19)24-15-8-6-7-14(2)11-15)13-26-21(28)16-9-4-5-10-17(16)22(26)29/h4-11H,3,12-13H2,1-2H3,(H,24,25). The number of esters is 1. The molecule has 1 N–H and O–H groups in total. The second kappa shape index (κ2) is 8.69. The van der Waals surface area contributed by atoms with E-state index in [4.69, 9.17) is 4.74 Å². The Kier molecular flexibility index (Phi) is 5.81. The van der Waals surface area contributed by atoms with Crippen molar-refractivity contribution < 1.29 is 19.1 Å². The summed E-state index contributed by atoms with van der Waals surface area (Å²) in [6, 6.07) is 14.6. The lowest BCUT2D eigenvalue weighted by Crippen LogP contribution is -2.29. The van der Waals surface area contributed by atoms with Gasteiger partial charge < -0.3 is 10.1 Å². The number of fused-ring (bicyclic) bond motifs is 1. The second-order valence-corrected chi connectivity index (χ2v) is 8.19. The number of anilines is 2. The van der Waals surface area contributed by atoms with Gasteiger partial charge in [-0.2, -0.15) is 0 Å². The van der Waals surface area contributed by atoms with Crippen LogP contribution in [0.4, 0.5) is 10.8 Å². The summed E-state index contributed by atoms with van der Waals surface area (Å²) in [4.78, 5) is 44.0. The predicted octanol–water partition coefficient (Wildman–Crippen LogP) is 4.10. The summed E-state index contributed by atoms with van der Waals surface area (Å²) in [7, 11) is 0. The van der Waals surface area contributed by atoms with E-state index in [1.165, 1.54) is 16.2 Å². The van der Waals surface area contributed by atoms with Gasteiger partial charge in [-0.3, -0.25) is 19.3 Å². The number of benzene rings is 2. The number of nitrogens with one attached hydrogen (secondary N) is 1. The van der Waals surface area contributed by atoms with Gasteiger partial charge in [0.1, 0.15) is 0 Å². The number of imide groups is 1. The number of hydrogen-bond acceptors (Lipinski definition) is 7. The maximum atomic E-state index is 12.8. The SMILES string of the molecule is CCOC(=O)Cc1sc(Nc2cccc(C)c2)nc1CN1C(=O)c2ccccc2C1=O. The predicted molar refractivity (Wildman–Crippen MR) is 118 cm³/mol. The van der Waals surface area contributed by atoms with Crippen LogP contribution in [0.2, 0.25) is 0 Å². The van der Waals surface area contributed by atoms with Crippen LogP contribution in [0, 0.1) is 6.92 Å². The Morgan fingerprint density at radius 2 is 1.81 bits per heavy atom. The van der Waals surface area contributed by atoms with Crippen LogP contribution in [0.25, 0.3) is 0 Å². The normalized spacial score (nSPS) is 12.8. The highest BCUT2D eigenvalue weighted by molar-refractivity contribution is 7.15. The van der Waals surface area contributed by atoms with Gasteiger partial charge in [0, 0.05) is 10.6 Å². The van der Waals surface area contributed by atoms with Crippen molar-refractivity contribution in [1.82, 2.24) is 9.88 Å². The van der Waals surface area contributed by atoms with Crippen LogP contribution in [-0.4, -0.2) is 34.3 Å². The van der Waals surface area contributed by atoms with E-state index in [0.29, 0.717) is 26.8 Å². The van der Waals surface area contributed by atoms with Crippen molar-refractivity contribution in [1.29, 1.82) is 0 Å². The molecule has 0 spiro atoms. The number of carbonyl (C=O) groups is 3. The molecule has 0 saturated heterocycles. The van der Waals surface area contributed by atoms with E-state index in [1.54, 1.807) is 31.2 Å². The molecule has 158 valence electrons. The second-order valence-electron chi connectivity index (χ2n) is 7.11. The molecule has 1 aromatic heterocycles. The van der Waals surface area contributed by atoms with Gasteiger partial charge in [-0.15, -0.1) is 11.3 Å². The molecule has 2 heterocycles. The molecule has 7 nitrogen and oxygen atoms in total. The molecule has 0 aliphatic carbocycles. The average Bonchev–Trinajstić information content (AvgIpc) is 3.22.